The zero-order valence-electron chi connectivity index (χ0n) is 14.2. The zero-order valence-corrected chi connectivity index (χ0v) is 15.0. The highest BCUT2D eigenvalue weighted by Gasteiger charge is 2.13. The number of nitrogens with one attached hydrogen (secondary N) is 1. The summed E-state index contributed by atoms with van der Waals surface area (Å²) < 4.78 is 31.3. The van der Waals surface area contributed by atoms with Gasteiger partial charge in [-0.05, 0) is 18.2 Å². The number of hydrogen-bond donors (Lipinski definition) is 1. The molecule has 0 aliphatic carbocycles. The first-order valence-electron chi connectivity index (χ1n) is 7.51. The predicted molar refractivity (Wildman–Crippen MR) is 93.0 cm³/mol. The predicted octanol–water partition coefficient (Wildman–Crippen LogP) is 2.88. The number of aromatic nitrogens is 2. The molecule has 0 bridgehead atoms. The van der Waals surface area contributed by atoms with Gasteiger partial charge in [0.2, 0.25) is 0 Å². The van der Waals surface area contributed by atoms with E-state index in [1.165, 1.54) is 12.1 Å². The largest absolute Gasteiger partial charge is 0.434 e. The van der Waals surface area contributed by atoms with Crippen LogP contribution in [-0.4, -0.2) is 41.3 Å². The van der Waals surface area contributed by atoms with Gasteiger partial charge in [-0.25, -0.2) is 0 Å². The van der Waals surface area contributed by atoms with E-state index in [1.54, 1.807) is 24.0 Å². The molecule has 2 aromatic rings. The molecule has 1 N–H and O–H groups in total. The number of aryl methyl sites for hydroxylation is 1. The Balaban J connectivity index is 2.04. The van der Waals surface area contributed by atoms with Gasteiger partial charge in [0, 0.05) is 56.6 Å². The van der Waals surface area contributed by atoms with Crippen molar-refractivity contribution in [3.05, 3.63) is 46.7 Å². The highest BCUT2D eigenvalue weighted by Crippen LogP contribution is 2.24. The number of guanidine groups is 1. The lowest BCUT2D eigenvalue weighted by Crippen LogP contribution is -2.38. The number of halogens is 3. The smallest absolute Gasteiger partial charge is 0.387 e. The maximum atomic E-state index is 12.5. The Morgan fingerprint density at radius 1 is 1.48 bits per heavy atom. The minimum absolute atomic E-state index is 0.0808. The first-order chi connectivity index (χ1) is 11.9. The highest BCUT2D eigenvalue weighted by atomic mass is 35.5. The second-order valence-electron chi connectivity index (χ2n) is 5.41. The average Bonchev–Trinajstić information content (AvgIpc) is 2.95. The van der Waals surface area contributed by atoms with E-state index in [9.17, 15) is 8.78 Å². The molecule has 25 heavy (non-hydrogen) atoms. The van der Waals surface area contributed by atoms with Crippen LogP contribution in [0.15, 0.2) is 35.6 Å². The van der Waals surface area contributed by atoms with Gasteiger partial charge >= 0.3 is 6.61 Å². The van der Waals surface area contributed by atoms with E-state index >= 15 is 0 Å². The van der Waals surface area contributed by atoms with E-state index < -0.39 is 6.61 Å². The summed E-state index contributed by atoms with van der Waals surface area (Å²) in [5.74, 6) is 0.684. The minimum Gasteiger partial charge on any atom is -0.434 e. The van der Waals surface area contributed by atoms with Gasteiger partial charge in [-0.1, -0.05) is 11.6 Å². The maximum absolute atomic E-state index is 12.5. The molecule has 0 saturated carbocycles. The summed E-state index contributed by atoms with van der Waals surface area (Å²) in [6.07, 6.45) is 3.69. The van der Waals surface area contributed by atoms with Crippen LogP contribution in [0.5, 0.6) is 5.75 Å². The minimum atomic E-state index is -2.90. The number of alkyl halides is 2. The maximum Gasteiger partial charge on any atom is 0.387 e. The van der Waals surface area contributed by atoms with E-state index in [4.69, 9.17) is 11.6 Å². The summed E-state index contributed by atoms with van der Waals surface area (Å²) in [7, 11) is 5.37. The first-order valence-corrected chi connectivity index (χ1v) is 7.89. The van der Waals surface area contributed by atoms with Crippen molar-refractivity contribution in [2.45, 2.75) is 19.7 Å². The Hall–Kier alpha value is -2.35. The molecule has 0 fully saturated rings. The lowest BCUT2D eigenvalue weighted by Gasteiger charge is -2.22. The van der Waals surface area contributed by atoms with E-state index in [0.29, 0.717) is 23.1 Å². The number of nitrogens with zero attached hydrogens (tertiary/aromatic N) is 4. The van der Waals surface area contributed by atoms with Gasteiger partial charge in [0.05, 0.1) is 6.20 Å². The summed E-state index contributed by atoms with van der Waals surface area (Å²) in [4.78, 5) is 6.10. The molecule has 136 valence electrons. The molecular weight excluding hydrogens is 352 g/mol. The van der Waals surface area contributed by atoms with Gasteiger partial charge in [0.1, 0.15) is 5.75 Å². The monoisotopic (exact) mass is 371 g/mol. The zero-order chi connectivity index (χ0) is 18.4. The third-order valence-corrected chi connectivity index (χ3v) is 3.66. The van der Waals surface area contributed by atoms with Crippen LogP contribution in [0.1, 0.15) is 11.1 Å². The summed E-state index contributed by atoms with van der Waals surface area (Å²) in [5, 5.41) is 7.69. The van der Waals surface area contributed by atoms with Gasteiger partial charge in [-0.15, -0.1) is 0 Å². The van der Waals surface area contributed by atoms with E-state index in [0.717, 1.165) is 5.56 Å². The molecule has 0 unspecified atom stereocenters. The fourth-order valence-electron chi connectivity index (χ4n) is 2.36. The van der Waals surface area contributed by atoms with Gasteiger partial charge in [0.25, 0.3) is 0 Å². The van der Waals surface area contributed by atoms with Crippen molar-refractivity contribution in [1.82, 2.24) is 20.0 Å². The lowest BCUT2D eigenvalue weighted by atomic mass is 10.2. The molecule has 0 amide bonds. The van der Waals surface area contributed by atoms with Crippen molar-refractivity contribution < 1.29 is 13.5 Å². The fourth-order valence-corrected chi connectivity index (χ4v) is 2.55. The van der Waals surface area contributed by atoms with Crippen molar-refractivity contribution in [1.29, 1.82) is 0 Å². The molecule has 0 atom stereocenters. The van der Waals surface area contributed by atoms with Crippen molar-refractivity contribution in [3.63, 3.8) is 0 Å². The second kappa shape index (κ2) is 8.66. The number of benzene rings is 1. The first kappa shape index (κ1) is 19.0. The van der Waals surface area contributed by atoms with Crippen molar-refractivity contribution >= 4 is 17.6 Å². The lowest BCUT2D eigenvalue weighted by molar-refractivity contribution is -0.0504. The molecular formula is C16H20ClF2N5O. The fraction of sp³-hybridized carbons (Fsp3) is 0.375. The van der Waals surface area contributed by atoms with Gasteiger partial charge in [-0.2, -0.15) is 13.9 Å². The van der Waals surface area contributed by atoms with Crippen molar-refractivity contribution in [3.8, 4) is 5.75 Å². The van der Waals surface area contributed by atoms with Crippen molar-refractivity contribution in [2.75, 3.05) is 14.1 Å². The molecule has 0 spiro atoms. The molecule has 2 rings (SSSR count). The van der Waals surface area contributed by atoms with E-state index in [2.05, 4.69) is 20.1 Å². The van der Waals surface area contributed by atoms with Crippen LogP contribution >= 0.6 is 11.6 Å². The van der Waals surface area contributed by atoms with E-state index in [1.807, 2.05) is 25.2 Å². The molecule has 1 aromatic heterocycles. The molecule has 9 heteroatoms. The third kappa shape index (κ3) is 5.60. The normalized spacial score (nSPS) is 11.7. The quantitative estimate of drug-likeness (QED) is 0.626. The van der Waals surface area contributed by atoms with Gasteiger partial charge in [0.15, 0.2) is 5.96 Å². The Labute approximate surface area is 150 Å². The Morgan fingerprint density at radius 3 is 2.84 bits per heavy atom. The Morgan fingerprint density at radius 2 is 2.24 bits per heavy atom. The van der Waals surface area contributed by atoms with E-state index in [-0.39, 0.29) is 12.3 Å². The summed E-state index contributed by atoms with van der Waals surface area (Å²) in [6, 6.07) is 4.51. The second-order valence-corrected chi connectivity index (χ2v) is 5.85. The summed E-state index contributed by atoms with van der Waals surface area (Å²) in [6.45, 7) is -2.05. The van der Waals surface area contributed by atoms with Crippen molar-refractivity contribution in [2.24, 2.45) is 12.0 Å². The van der Waals surface area contributed by atoms with Crippen LogP contribution in [-0.2, 0) is 20.1 Å². The molecule has 1 heterocycles. The van der Waals surface area contributed by atoms with Crippen LogP contribution in [0.25, 0.3) is 0 Å². The van der Waals surface area contributed by atoms with Crippen LogP contribution in [0.2, 0.25) is 5.02 Å². The van der Waals surface area contributed by atoms with Crippen LogP contribution in [0.4, 0.5) is 8.78 Å². The Kier molecular flexibility index (Phi) is 6.58. The molecule has 0 aliphatic heterocycles. The third-order valence-electron chi connectivity index (χ3n) is 3.43. The van der Waals surface area contributed by atoms with Crippen LogP contribution < -0.4 is 10.1 Å². The van der Waals surface area contributed by atoms with Crippen LogP contribution in [0.3, 0.4) is 0 Å². The SMILES string of the molecule is CN=C(NCc1cc(Cl)ccc1OC(F)F)N(C)Cc1cnn(C)c1. The summed E-state index contributed by atoms with van der Waals surface area (Å²) in [5.41, 5.74) is 1.54. The Bertz CT molecular complexity index is 735. The molecule has 6 nitrogen and oxygen atoms in total. The molecule has 0 saturated heterocycles. The van der Waals surface area contributed by atoms with Crippen LogP contribution in [0, 0.1) is 0 Å². The number of aliphatic imine (C=N–C) groups is 1. The molecule has 0 radical (unpaired) electrons. The number of ether oxygens (including phenoxy) is 1. The van der Waals surface area contributed by atoms with Gasteiger partial charge in [-0.3, -0.25) is 9.67 Å². The average molecular weight is 372 g/mol. The standard InChI is InChI=1S/C16H20ClF2N5O/c1-20-16(23(2)9-11-7-22-24(3)10-11)21-8-12-6-13(17)4-5-14(12)25-15(18)19/h4-7,10,15H,8-9H2,1-3H3,(H,20,21). The topological polar surface area (TPSA) is 54.7 Å². The summed E-state index contributed by atoms with van der Waals surface area (Å²) >= 11 is 5.95. The number of hydrogen-bond acceptors (Lipinski definition) is 3. The van der Waals surface area contributed by atoms with Gasteiger partial charge < -0.3 is 15.0 Å². The number of rotatable bonds is 6. The molecule has 0 aliphatic rings. The highest BCUT2D eigenvalue weighted by molar-refractivity contribution is 6.30. The molecule has 1 aromatic carbocycles.